The quantitative estimate of drug-likeness (QED) is 0.635. The number of fused-ring (bicyclic) bond motifs is 1. The van der Waals surface area contributed by atoms with Crippen molar-refractivity contribution in [1.29, 1.82) is 0 Å². The number of hydrogen-bond acceptors (Lipinski definition) is 5. The number of piperidine rings is 1. The second kappa shape index (κ2) is 8.70. The molecule has 2 aliphatic rings. The first-order chi connectivity index (χ1) is 15.2. The number of carbonyl (C=O) groups excluding carboxylic acids is 2. The highest BCUT2D eigenvalue weighted by molar-refractivity contribution is 5.93. The topological polar surface area (TPSA) is 85.8 Å². The number of amides is 1. The fraction of sp³-hybridized carbons (Fsp3) is 0.520. The molecule has 0 aliphatic carbocycles. The smallest absolute Gasteiger partial charge is 0.261 e. The molecule has 4 rings (SSSR count). The van der Waals surface area contributed by atoms with Gasteiger partial charge in [-0.15, -0.1) is 0 Å². The van der Waals surface area contributed by atoms with Crippen molar-refractivity contribution in [2.45, 2.75) is 83.0 Å². The van der Waals surface area contributed by atoms with E-state index in [-0.39, 0.29) is 12.2 Å². The molecule has 3 heterocycles. The number of rotatable bonds is 7. The van der Waals surface area contributed by atoms with Crippen LogP contribution < -0.4 is 10.5 Å². The Labute approximate surface area is 187 Å². The maximum atomic E-state index is 13.8. The van der Waals surface area contributed by atoms with E-state index >= 15 is 0 Å². The molecule has 1 fully saturated rings. The number of furan rings is 1. The molecule has 2 N–H and O–H groups in total. The predicted octanol–water partition coefficient (Wildman–Crippen LogP) is 4.56. The van der Waals surface area contributed by atoms with Crippen LogP contribution in [-0.2, 0) is 11.3 Å². The van der Waals surface area contributed by atoms with E-state index in [1.54, 1.807) is 13.0 Å². The minimum absolute atomic E-state index is 0.135. The van der Waals surface area contributed by atoms with Crippen LogP contribution in [0.2, 0.25) is 0 Å². The standard InChI is InChI=1S/C25H31FN2O4/c1-15-5-4-6-16(2)28(15)14-18-8-12-23(31-18)21(29)10-9-20-19-13-17(26)7-11-22(19)32-25(20,3)24(27)30/h7-8,11-13,15-16,20H,4-6,9-10,14H2,1-3H3,(H2,27,30). The summed E-state index contributed by atoms with van der Waals surface area (Å²) in [5.74, 6) is -0.239. The van der Waals surface area contributed by atoms with Crippen LogP contribution in [0, 0.1) is 5.82 Å². The van der Waals surface area contributed by atoms with Gasteiger partial charge in [0.2, 0.25) is 0 Å². The Hall–Kier alpha value is -2.67. The summed E-state index contributed by atoms with van der Waals surface area (Å²) in [4.78, 5) is 27.4. The molecule has 2 aromatic rings. The molecule has 1 aromatic heterocycles. The maximum Gasteiger partial charge on any atom is 0.261 e. The molecular weight excluding hydrogens is 411 g/mol. The molecule has 2 aliphatic heterocycles. The highest BCUT2D eigenvalue weighted by Crippen LogP contribution is 2.47. The van der Waals surface area contributed by atoms with Gasteiger partial charge >= 0.3 is 0 Å². The summed E-state index contributed by atoms with van der Waals surface area (Å²) in [7, 11) is 0. The number of nitrogens with zero attached hydrogens (tertiary/aromatic N) is 1. The van der Waals surface area contributed by atoms with Crippen molar-refractivity contribution < 1.29 is 23.1 Å². The van der Waals surface area contributed by atoms with Crippen LogP contribution in [0.3, 0.4) is 0 Å². The Morgan fingerprint density at radius 1 is 1.19 bits per heavy atom. The van der Waals surface area contributed by atoms with Gasteiger partial charge in [0.05, 0.1) is 6.54 Å². The lowest BCUT2D eigenvalue weighted by Gasteiger charge is -2.38. The molecule has 1 amide bonds. The van der Waals surface area contributed by atoms with Crippen molar-refractivity contribution in [1.82, 2.24) is 4.90 Å². The fourth-order valence-corrected chi connectivity index (χ4v) is 5.11. The van der Waals surface area contributed by atoms with Crippen LogP contribution in [0.5, 0.6) is 5.75 Å². The van der Waals surface area contributed by atoms with E-state index in [2.05, 4.69) is 18.7 Å². The third-order valence-electron chi connectivity index (χ3n) is 7.13. The molecule has 0 radical (unpaired) electrons. The summed E-state index contributed by atoms with van der Waals surface area (Å²) in [5.41, 5.74) is 4.84. The Bertz CT molecular complexity index is 1010. The first-order valence-electron chi connectivity index (χ1n) is 11.3. The minimum Gasteiger partial charge on any atom is -0.477 e. The number of carbonyl (C=O) groups is 2. The normalized spacial score (nSPS) is 27.7. The van der Waals surface area contributed by atoms with E-state index in [1.165, 1.54) is 37.5 Å². The molecule has 4 atom stereocenters. The van der Waals surface area contributed by atoms with Crippen LogP contribution in [0.15, 0.2) is 34.7 Å². The average Bonchev–Trinajstić information content (AvgIpc) is 3.32. The number of benzene rings is 1. The summed E-state index contributed by atoms with van der Waals surface area (Å²) >= 11 is 0. The molecule has 1 aromatic carbocycles. The average molecular weight is 443 g/mol. The molecule has 0 bridgehead atoms. The van der Waals surface area contributed by atoms with Gasteiger partial charge in [-0.3, -0.25) is 14.5 Å². The molecule has 32 heavy (non-hydrogen) atoms. The van der Waals surface area contributed by atoms with E-state index in [1.807, 2.05) is 6.07 Å². The molecule has 4 unspecified atom stereocenters. The minimum atomic E-state index is -1.33. The molecule has 172 valence electrons. The largest absolute Gasteiger partial charge is 0.477 e. The first-order valence-corrected chi connectivity index (χ1v) is 11.3. The van der Waals surface area contributed by atoms with Crippen molar-refractivity contribution in [2.24, 2.45) is 5.73 Å². The van der Waals surface area contributed by atoms with Gasteiger partial charge in [-0.1, -0.05) is 6.42 Å². The zero-order valence-electron chi connectivity index (χ0n) is 18.9. The van der Waals surface area contributed by atoms with Gasteiger partial charge in [-0.25, -0.2) is 4.39 Å². The van der Waals surface area contributed by atoms with Crippen molar-refractivity contribution in [3.63, 3.8) is 0 Å². The number of halogens is 1. The van der Waals surface area contributed by atoms with E-state index in [0.717, 1.165) is 5.76 Å². The third kappa shape index (κ3) is 4.18. The number of hydrogen-bond donors (Lipinski definition) is 1. The molecular formula is C25H31FN2O4. The van der Waals surface area contributed by atoms with Crippen LogP contribution in [0.4, 0.5) is 4.39 Å². The number of Topliss-reactive ketones (excluding diaryl/α,β-unsaturated/α-hetero) is 1. The lowest BCUT2D eigenvalue weighted by atomic mass is 9.81. The highest BCUT2D eigenvalue weighted by atomic mass is 19.1. The number of ether oxygens (including phenoxy) is 1. The second-order valence-corrected chi connectivity index (χ2v) is 9.34. The van der Waals surface area contributed by atoms with E-state index in [0.29, 0.717) is 42.1 Å². The van der Waals surface area contributed by atoms with Crippen molar-refractivity contribution in [3.05, 3.63) is 53.2 Å². The number of primary amides is 1. The zero-order chi connectivity index (χ0) is 23.0. The maximum absolute atomic E-state index is 13.8. The number of likely N-dealkylation sites (tertiary alicyclic amines) is 1. The molecule has 1 saturated heterocycles. The summed E-state index contributed by atoms with van der Waals surface area (Å²) in [6, 6.07) is 8.66. The van der Waals surface area contributed by atoms with Crippen LogP contribution in [-0.4, -0.2) is 34.3 Å². The van der Waals surface area contributed by atoms with E-state index in [4.69, 9.17) is 14.9 Å². The van der Waals surface area contributed by atoms with Crippen LogP contribution >= 0.6 is 0 Å². The first kappa shape index (κ1) is 22.5. The van der Waals surface area contributed by atoms with Crippen molar-refractivity contribution in [2.75, 3.05) is 0 Å². The van der Waals surface area contributed by atoms with Gasteiger partial charge in [0, 0.05) is 30.0 Å². The van der Waals surface area contributed by atoms with Gasteiger partial charge < -0.3 is 14.9 Å². The summed E-state index contributed by atoms with van der Waals surface area (Å²) in [6.07, 6.45) is 4.01. The lowest BCUT2D eigenvalue weighted by Crippen LogP contribution is -2.47. The molecule has 7 heteroatoms. The monoisotopic (exact) mass is 442 g/mol. The van der Waals surface area contributed by atoms with Crippen LogP contribution in [0.25, 0.3) is 0 Å². The SMILES string of the molecule is CC1CCCC(C)N1Cc1ccc(C(=O)CCC2c3cc(F)ccc3OC2(C)C(N)=O)o1. The van der Waals surface area contributed by atoms with Crippen LogP contribution in [0.1, 0.15) is 80.7 Å². The van der Waals surface area contributed by atoms with Gasteiger partial charge in [0.15, 0.2) is 17.1 Å². The lowest BCUT2D eigenvalue weighted by molar-refractivity contribution is -0.132. The fourth-order valence-electron chi connectivity index (χ4n) is 5.11. The molecule has 0 saturated carbocycles. The zero-order valence-corrected chi connectivity index (χ0v) is 18.9. The van der Waals surface area contributed by atoms with E-state index < -0.39 is 23.2 Å². The highest BCUT2D eigenvalue weighted by Gasteiger charge is 2.49. The van der Waals surface area contributed by atoms with Gasteiger partial charge in [-0.05, 0) is 70.4 Å². The van der Waals surface area contributed by atoms with Gasteiger partial charge in [0.1, 0.15) is 17.3 Å². The van der Waals surface area contributed by atoms with E-state index in [9.17, 15) is 14.0 Å². The summed E-state index contributed by atoms with van der Waals surface area (Å²) < 4.78 is 25.5. The third-order valence-corrected chi connectivity index (χ3v) is 7.13. The number of ketones is 1. The predicted molar refractivity (Wildman–Crippen MR) is 118 cm³/mol. The second-order valence-electron chi connectivity index (χ2n) is 9.34. The van der Waals surface area contributed by atoms with Gasteiger partial charge in [-0.2, -0.15) is 0 Å². The Morgan fingerprint density at radius 2 is 1.91 bits per heavy atom. The summed E-state index contributed by atoms with van der Waals surface area (Å²) in [6.45, 7) is 6.72. The summed E-state index contributed by atoms with van der Waals surface area (Å²) in [5, 5.41) is 0. The van der Waals surface area contributed by atoms with Crippen molar-refractivity contribution in [3.8, 4) is 5.75 Å². The Kier molecular flexibility index (Phi) is 6.12. The Balaban J connectivity index is 1.44. The van der Waals surface area contributed by atoms with Crippen molar-refractivity contribution >= 4 is 11.7 Å². The number of nitrogens with two attached hydrogens (primary N) is 1. The Morgan fingerprint density at radius 3 is 2.59 bits per heavy atom. The van der Waals surface area contributed by atoms with Gasteiger partial charge in [0.25, 0.3) is 5.91 Å². The molecule has 0 spiro atoms. The molecule has 6 nitrogen and oxygen atoms in total.